The third kappa shape index (κ3) is 2.95. The van der Waals surface area contributed by atoms with E-state index in [0.717, 1.165) is 27.8 Å². The zero-order chi connectivity index (χ0) is 17.1. The first kappa shape index (κ1) is 16.3. The normalized spacial score (nSPS) is 11.1. The summed E-state index contributed by atoms with van der Waals surface area (Å²) in [7, 11) is 0. The van der Waals surface area contributed by atoms with Crippen LogP contribution in [0.2, 0.25) is 0 Å². The van der Waals surface area contributed by atoms with Crippen LogP contribution in [-0.2, 0) is 13.0 Å². The molecule has 3 rings (SSSR count). The lowest BCUT2D eigenvalue weighted by Crippen LogP contribution is -2.09. The van der Waals surface area contributed by atoms with Crippen molar-refractivity contribution in [1.82, 2.24) is 19.7 Å². The molecular weight excluding hydrogens is 328 g/mol. The summed E-state index contributed by atoms with van der Waals surface area (Å²) in [6.45, 7) is 3.26. The molecule has 0 unspecified atom stereocenters. The van der Waals surface area contributed by atoms with Crippen LogP contribution in [0.1, 0.15) is 12.7 Å². The van der Waals surface area contributed by atoms with Crippen LogP contribution in [0.15, 0.2) is 40.6 Å². The number of aromatic nitrogens is 4. The molecule has 0 radical (unpaired) electrons. The molecule has 0 spiro atoms. The summed E-state index contributed by atoms with van der Waals surface area (Å²) < 4.78 is 2.01. The Labute approximate surface area is 142 Å². The fourth-order valence-electron chi connectivity index (χ4n) is 2.52. The molecule has 1 aromatic carbocycles. The third-order valence-corrected chi connectivity index (χ3v) is 4.69. The number of benzene rings is 1. The summed E-state index contributed by atoms with van der Waals surface area (Å²) in [4.78, 5) is 15.7. The fourth-order valence-corrected chi connectivity index (χ4v) is 3.57. The van der Waals surface area contributed by atoms with Crippen molar-refractivity contribution >= 4 is 28.2 Å². The quantitative estimate of drug-likeness (QED) is 0.539. The van der Waals surface area contributed by atoms with Crippen molar-refractivity contribution in [2.24, 2.45) is 5.73 Å². The van der Waals surface area contributed by atoms with Gasteiger partial charge in [-0.2, -0.15) is 0 Å². The lowest BCUT2D eigenvalue weighted by molar-refractivity contribution is -0.383. The minimum atomic E-state index is -0.396. The van der Waals surface area contributed by atoms with Crippen molar-refractivity contribution < 1.29 is 4.92 Å². The van der Waals surface area contributed by atoms with Crippen molar-refractivity contribution in [2.75, 3.05) is 6.54 Å². The van der Waals surface area contributed by atoms with Gasteiger partial charge in [0.15, 0.2) is 5.16 Å². The first-order chi connectivity index (χ1) is 11.7. The molecule has 0 aliphatic carbocycles. The van der Waals surface area contributed by atoms with E-state index in [1.807, 2.05) is 11.5 Å². The highest BCUT2D eigenvalue weighted by Crippen LogP contribution is 2.36. The summed E-state index contributed by atoms with van der Waals surface area (Å²) in [5.74, 6) is 0.843. The minimum absolute atomic E-state index is 0.0447. The Bertz CT molecular complexity index is 895. The number of nitrogens with two attached hydrogens (primary N) is 1. The molecule has 124 valence electrons. The summed E-state index contributed by atoms with van der Waals surface area (Å²) >= 11 is 1.43. The maximum Gasteiger partial charge on any atom is 0.278 e. The molecule has 0 bridgehead atoms. The van der Waals surface area contributed by atoms with Crippen LogP contribution in [0.5, 0.6) is 0 Å². The Hall–Kier alpha value is -2.52. The number of nitro benzene ring substituents is 1. The van der Waals surface area contributed by atoms with Gasteiger partial charge < -0.3 is 10.3 Å². The molecule has 2 N–H and O–H groups in total. The number of non-ortho nitro benzene ring substituents is 1. The second-order valence-electron chi connectivity index (χ2n) is 5.04. The number of hydrogen-bond donors (Lipinski definition) is 1. The SMILES string of the molecule is CCn1c(CCN)nnc1Sc1ccc([N+](=O)[O-])c2cnccc12. The van der Waals surface area contributed by atoms with Crippen molar-refractivity contribution in [3.63, 3.8) is 0 Å². The van der Waals surface area contributed by atoms with E-state index in [-0.39, 0.29) is 5.69 Å². The van der Waals surface area contributed by atoms with Crippen LogP contribution in [0.3, 0.4) is 0 Å². The van der Waals surface area contributed by atoms with Gasteiger partial charge in [0.2, 0.25) is 0 Å². The zero-order valence-corrected chi connectivity index (χ0v) is 13.9. The predicted molar refractivity (Wildman–Crippen MR) is 91.0 cm³/mol. The molecule has 2 aromatic heterocycles. The van der Waals surface area contributed by atoms with Crippen molar-refractivity contribution in [3.05, 3.63) is 46.5 Å². The van der Waals surface area contributed by atoms with Gasteiger partial charge in [-0.3, -0.25) is 15.1 Å². The van der Waals surface area contributed by atoms with Gasteiger partial charge in [-0.25, -0.2) is 0 Å². The van der Waals surface area contributed by atoms with Crippen LogP contribution < -0.4 is 5.73 Å². The maximum atomic E-state index is 11.2. The summed E-state index contributed by atoms with van der Waals surface area (Å²) in [6, 6.07) is 5.01. The first-order valence-electron chi connectivity index (χ1n) is 7.46. The van der Waals surface area contributed by atoms with Crippen LogP contribution in [0.4, 0.5) is 5.69 Å². The van der Waals surface area contributed by atoms with E-state index >= 15 is 0 Å². The molecule has 24 heavy (non-hydrogen) atoms. The van der Waals surface area contributed by atoms with Gasteiger partial charge in [0.25, 0.3) is 5.69 Å². The highest BCUT2D eigenvalue weighted by atomic mass is 32.2. The largest absolute Gasteiger partial charge is 0.330 e. The smallest absolute Gasteiger partial charge is 0.278 e. The monoisotopic (exact) mass is 344 g/mol. The average molecular weight is 344 g/mol. The van der Waals surface area contributed by atoms with Crippen molar-refractivity contribution in [2.45, 2.75) is 29.9 Å². The predicted octanol–water partition coefficient (Wildman–Crippen LogP) is 2.41. The lowest BCUT2D eigenvalue weighted by Gasteiger charge is -2.08. The number of nitrogens with zero attached hydrogens (tertiary/aromatic N) is 5. The highest BCUT2D eigenvalue weighted by Gasteiger charge is 2.17. The molecule has 9 heteroatoms. The second-order valence-corrected chi connectivity index (χ2v) is 6.05. The Morgan fingerprint density at radius 2 is 2.12 bits per heavy atom. The maximum absolute atomic E-state index is 11.2. The number of nitro groups is 1. The zero-order valence-electron chi connectivity index (χ0n) is 13.0. The standard InChI is InChI=1S/C15H16N6O2S/c1-2-20-14(5-7-16)18-19-15(20)24-13-4-3-12(21(22)23)11-9-17-8-6-10(11)13/h3-4,6,8-9H,2,5,7,16H2,1H3. The van der Waals surface area contributed by atoms with Gasteiger partial charge in [-0.1, -0.05) is 0 Å². The van der Waals surface area contributed by atoms with Crippen LogP contribution in [0, 0.1) is 10.1 Å². The second kappa shape index (κ2) is 6.93. The summed E-state index contributed by atoms with van der Waals surface area (Å²) in [5, 5.41) is 21.6. The lowest BCUT2D eigenvalue weighted by atomic mass is 10.1. The molecule has 0 saturated heterocycles. The van der Waals surface area contributed by atoms with Gasteiger partial charge >= 0.3 is 0 Å². The Balaban J connectivity index is 2.06. The van der Waals surface area contributed by atoms with E-state index in [9.17, 15) is 10.1 Å². The topological polar surface area (TPSA) is 113 Å². The summed E-state index contributed by atoms with van der Waals surface area (Å²) in [6.07, 6.45) is 3.80. The van der Waals surface area contributed by atoms with Gasteiger partial charge in [-0.15, -0.1) is 10.2 Å². The van der Waals surface area contributed by atoms with Crippen molar-refractivity contribution in [3.8, 4) is 0 Å². The van der Waals surface area contributed by atoms with Gasteiger partial charge in [0.1, 0.15) is 5.82 Å². The van der Waals surface area contributed by atoms with E-state index in [0.29, 0.717) is 18.4 Å². The van der Waals surface area contributed by atoms with Gasteiger partial charge in [-0.05, 0) is 37.4 Å². The van der Waals surface area contributed by atoms with Crippen LogP contribution >= 0.6 is 11.8 Å². The molecule has 2 heterocycles. The average Bonchev–Trinajstić information content (AvgIpc) is 2.96. The number of pyridine rings is 1. The molecule has 0 amide bonds. The molecule has 0 aliphatic heterocycles. The molecule has 0 fully saturated rings. The molecule has 0 aliphatic rings. The minimum Gasteiger partial charge on any atom is -0.330 e. The molecular formula is C15H16N6O2S. The molecule has 8 nitrogen and oxygen atoms in total. The van der Waals surface area contributed by atoms with E-state index in [2.05, 4.69) is 15.2 Å². The van der Waals surface area contributed by atoms with Gasteiger partial charge in [0.05, 0.1) is 10.3 Å². The molecule has 3 aromatic rings. The highest BCUT2D eigenvalue weighted by molar-refractivity contribution is 7.99. The van der Waals surface area contributed by atoms with E-state index < -0.39 is 4.92 Å². The van der Waals surface area contributed by atoms with Gasteiger partial charge in [0, 0.05) is 41.7 Å². The first-order valence-corrected chi connectivity index (χ1v) is 8.28. The van der Waals surface area contributed by atoms with E-state index in [1.54, 1.807) is 18.3 Å². The number of hydrogen-bond acceptors (Lipinski definition) is 7. The number of fused-ring (bicyclic) bond motifs is 1. The van der Waals surface area contributed by atoms with Crippen LogP contribution in [0.25, 0.3) is 10.8 Å². The summed E-state index contributed by atoms with van der Waals surface area (Å²) in [5.41, 5.74) is 5.65. The van der Waals surface area contributed by atoms with E-state index in [1.165, 1.54) is 24.0 Å². The fraction of sp³-hybridized carbons (Fsp3) is 0.267. The Morgan fingerprint density at radius 1 is 1.29 bits per heavy atom. The van der Waals surface area contributed by atoms with E-state index in [4.69, 9.17) is 5.73 Å². The van der Waals surface area contributed by atoms with Crippen LogP contribution in [-0.4, -0.2) is 31.2 Å². The third-order valence-electron chi connectivity index (χ3n) is 3.63. The Kier molecular flexibility index (Phi) is 4.72. The number of rotatable bonds is 6. The molecule has 0 saturated carbocycles. The Morgan fingerprint density at radius 3 is 2.83 bits per heavy atom. The van der Waals surface area contributed by atoms with Crippen molar-refractivity contribution in [1.29, 1.82) is 0 Å². The molecule has 0 atom stereocenters.